The zero-order valence-corrected chi connectivity index (χ0v) is 25.8. The third kappa shape index (κ3) is 7.90. The Morgan fingerprint density at radius 1 is 0.767 bits per heavy atom. The lowest BCUT2D eigenvalue weighted by Gasteiger charge is -2.34. The zero-order chi connectivity index (χ0) is 30.8. The number of anilines is 1. The van der Waals surface area contributed by atoms with Crippen molar-refractivity contribution in [1.29, 1.82) is 0 Å². The lowest BCUT2D eigenvalue weighted by atomic mass is 10.0. The first-order valence-corrected chi connectivity index (χ1v) is 16.0. The van der Waals surface area contributed by atoms with Crippen LogP contribution in [0.5, 0.6) is 0 Å². The molecule has 1 atom stereocenters. The molecule has 2 amide bonds. The first-order chi connectivity index (χ1) is 20.7. The maximum atomic E-state index is 14.5. The second kappa shape index (κ2) is 14.6. The zero-order valence-electron chi connectivity index (χ0n) is 24.9. The van der Waals surface area contributed by atoms with Crippen molar-refractivity contribution in [3.63, 3.8) is 0 Å². The third-order valence-corrected chi connectivity index (χ3v) is 9.19. The number of carbonyl (C=O) groups excluding carboxylic acids is 2. The summed E-state index contributed by atoms with van der Waals surface area (Å²) in [7, 11) is -4.12. The maximum absolute atomic E-state index is 14.5. The summed E-state index contributed by atoms with van der Waals surface area (Å²) in [6.45, 7) is 5.89. The van der Waals surface area contributed by atoms with Crippen LogP contribution in [-0.4, -0.2) is 44.3 Å². The summed E-state index contributed by atoms with van der Waals surface area (Å²) < 4.78 is 29.3. The van der Waals surface area contributed by atoms with Crippen LogP contribution < -0.4 is 9.62 Å². The van der Waals surface area contributed by atoms with Crippen LogP contribution in [0.1, 0.15) is 35.6 Å². The Hall–Kier alpha value is -4.43. The Kier molecular flexibility index (Phi) is 10.7. The summed E-state index contributed by atoms with van der Waals surface area (Å²) in [4.78, 5) is 29.8. The number of hydrogen-bond donors (Lipinski definition) is 1. The van der Waals surface area contributed by atoms with Gasteiger partial charge in [-0.05, 0) is 60.7 Å². The summed E-state index contributed by atoms with van der Waals surface area (Å²) in [5.74, 6) is -0.750. The lowest BCUT2D eigenvalue weighted by Crippen LogP contribution is -2.53. The number of sulfonamides is 1. The van der Waals surface area contributed by atoms with E-state index < -0.39 is 28.5 Å². The van der Waals surface area contributed by atoms with E-state index in [9.17, 15) is 18.0 Å². The van der Waals surface area contributed by atoms with Crippen LogP contribution in [0.3, 0.4) is 0 Å². The van der Waals surface area contributed by atoms with Gasteiger partial charge in [-0.3, -0.25) is 13.9 Å². The quantitative estimate of drug-likeness (QED) is 0.215. The fraction of sp³-hybridized carbons (Fsp3) is 0.257. The minimum atomic E-state index is -4.12. The van der Waals surface area contributed by atoms with Gasteiger partial charge in [-0.25, -0.2) is 8.42 Å². The molecule has 0 aliphatic rings. The predicted octanol–water partition coefficient (Wildman–Crippen LogP) is 5.67. The van der Waals surface area contributed by atoms with E-state index >= 15 is 0 Å². The Bertz CT molecular complexity index is 1630. The monoisotopic (exact) mass is 597 g/mol. The number of amides is 2. The summed E-state index contributed by atoms with van der Waals surface area (Å²) in [6, 6.07) is 31.6. The number of carbonyl (C=O) groups is 2. The molecule has 0 unspecified atom stereocenters. The molecular weight excluding hydrogens is 558 g/mol. The first kappa shape index (κ1) is 31.5. The second-order valence-corrected chi connectivity index (χ2v) is 12.4. The Labute approximate surface area is 255 Å². The molecule has 0 saturated carbocycles. The fourth-order valence-corrected chi connectivity index (χ4v) is 6.47. The molecule has 7 nitrogen and oxygen atoms in total. The van der Waals surface area contributed by atoms with Crippen molar-refractivity contribution in [3.8, 4) is 0 Å². The molecule has 4 aromatic carbocycles. The van der Waals surface area contributed by atoms with Crippen molar-refractivity contribution in [2.75, 3.05) is 17.4 Å². The van der Waals surface area contributed by atoms with Gasteiger partial charge in [0, 0.05) is 19.5 Å². The molecular formula is C35H39N3O4S. The number of hydrogen-bond acceptors (Lipinski definition) is 4. The topological polar surface area (TPSA) is 86.8 Å². The van der Waals surface area contributed by atoms with Crippen LogP contribution in [0.2, 0.25) is 0 Å². The molecule has 4 rings (SSSR count). The highest BCUT2D eigenvalue weighted by molar-refractivity contribution is 7.92. The van der Waals surface area contributed by atoms with Crippen LogP contribution in [-0.2, 0) is 32.6 Å². The predicted molar refractivity (Wildman–Crippen MR) is 171 cm³/mol. The highest BCUT2D eigenvalue weighted by Gasteiger charge is 2.35. The highest BCUT2D eigenvalue weighted by Crippen LogP contribution is 2.27. The standard InChI is InChI=1S/C35H39N3O4S/c1-4-23-36-35(40)33(24-29-17-7-5-8-18-29)37(25-30-19-13-11-15-27(30)2)34(39)26-38(32-22-14-12-16-28(32)3)43(41,42)31-20-9-6-10-21-31/h5-22,33H,4,23-26H2,1-3H3,(H,36,40)/t33-/m1/s1. The Balaban J connectivity index is 1.81. The average Bonchev–Trinajstić information content (AvgIpc) is 3.02. The van der Waals surface area contributed by atoms with Gasteiger partial charge in [0.25, 0.3) is 10.0 Å². The van der Waals surface area contributed by atoms with E-state index in [2.05, 4.69) is 5.32 Å². The average molecular weight is 598 g/mol. The molecule has 0 fully saturated rings. The van der Waals surface area contributed by atoms with Gasteiger partial charge in [0.1, 0.15) is 12.6 Å². The van der Waals surface area contributed by atoms with E-state index in [4.69, 9.17) is 0 Å². The van der Waals surface area contributed by atoms with Crippen LogP contribution in [0.15, 0.2) is 114 Å². The van der Waals surface area contributed by atoms with Crippen LogP contribution in [0.4, 0.5) is 5.69 Å². The van der Waals surface area contributed by atoms with Gasteiger partial charge in [0.05, 0.1) is 10.6 Å². The normalized spacial score (nSPS) is 11.9. The molecule has 224 valence electrons. The molecule has 0 aliphatic carbocycles. The smallest absolute Gasteiger partial charge is 0.264 e. The van der Waals surface area contributed by atoms with Gasteiger partial charge in [-0.15, -0.1) is 0 Å². The summed E-state index contributed by atoms with van der Waals surface area (Å²) in [5, 5.41) is 2.97. The second-order valence-electron chi connectivity index (χ2n) is 10.6. The van der Waals surface area contributed by atoms with Gasteiger partial charge >= 0.3 is 0 Å². The van der Waals surface area contributed by atoms with E-state index in [1.54, 1.807) is 30.3 Å². The Morgan fingerprint density at radius 3 is 1.98 bits per heavy atom. The van der Waals surface area contributed by atoms with Crippen molar-refractivity contribution in [3.05, 3.63) is 131 Å². The summed E-state index contributed by atoms with van der Waals surface area (Å²) in [5.41, 5.74) is 3.87. The van der Waals surface area contributed by atoms with E-state index in [1.807, 2.05) is 87.5 Å². The summed E-state index contributed by atoms with van der Waals surface area (Å²) >= 11 is 0. The van der Waals surface area contributed by atoms with Crippen molar-refractivity contribution < 1.29 is 18.0 Å². The fourth-order valence-electron chi connectivity index (χ4n) is 4.97. The molecule has 43 heavy (non-hydrogen) atoms. The van der Waals surface area contributed by atoms with E-state index in [0.717, 1.165) is 27.4 Å². The van der Waals surface area contributed by atoms with Crippen molar-refractivity contribution >= 4 is 27.5 Å². The molecule has 0 radical (unpaired) electrons. The number of nitrogens with zero attached hydrogens (tertiary/aromatic N) is 2. The van der Waals surface area contributed by atoms with E-state index in [0.29, 0.717) is 17.8 Å². The number of benzene rings is 4. The molecule has 0 aliphatic heterocycles. The molecule has 0 saturated heterocycles. The number of para-hydroxylation sites is 1. The van der Waals surface area contributed by atoms with Crippen molar-refractivity contribution in [2.24, 2.45) is 0 Å². The summed E-state index contributed by atoms with van der Waals surface area (Å²) in [6.07, 6.45) is 1.02. The Morgan fingerprint density at radius 2 is 1.35 bits per heavy atom. The van der Waals surface area contributed by atoms with E-state index in [1.165, 1.54) is 17.0 Å². The molecule has 0 spiro atoms. The third-order valence-electron chi connectivity index (χ3n) is 7.42. The number of aryl methyl sites for hydroxylation is 2. The van der Waals surface area contributed by atoms with Gasteiger partial charge in [-0.1, -0.05) is 97.9 Å². The lowest BCUT2D eigenvalue weighted by molar-refractivity contribution is -0.140. The highest BCUT2D eigenvalue weighted by atomic mass is 32.2. The minimum absolute atomic E-state index is 0.0815. The first-order valence-electron chi connectivity index (χ1n) is 14.5. The number of nitrogens with one attached hydrogen (secondary N) is 1. The largest absolute Gasteiger partial charge is 0.354 e. The van der Waals surface area contributed by atoms with Crippen LogP contribution >= 0.6 is 0 Å². The van der Waals surface area contributed by atoms with Crippen molar-refractivity contribution in [1.82, 2.24) is 10.2 Å². The van der Waals surface area contributed by atoms with Gasteiger partial charge in [-0.2, -0.15) is 0 Å². The van der Waals surface area contributed by atoms with Gasteiger partial charge in [0.15, 0.2) is 0 Å². The molecule has 0 bridgehead atoms. The molecule has 8 heteroatoms. The molecule has 4 aromatic rings. The van der Waals surface area contributed by atoms with Crippen molar-refractivity contribution in [2.45, 2.75) is 51.1 Å². The molecule has 0 heterocycles. The van der Waals surface area contributed by atoms with Gasteiger partial charge in [0.2, 0.25) is 11.8 Å². The van der Waals surface area contributed by atoms with Crippen LogP contribution in [0, 0.1) is 13.8 Å². The SMILES string of the molecule is CCCNC(=O)[C@@H](Cc1ccccc1)N(Cc1ccccc1C)C(=O)CN(c1ccccc1C)S(=O)(=O)c1ccccc1. The van der Waals surface area contributed by atoms with Crippen LogP contribution in [0.25, 0.3) is 0 Å². The van der Waals surface area contributed by atoms with Gasteiger partial charge < -0.3 is 10.2 Å². The van der Waals surface area contributed by atoms with E-state index in [-0.39, 0.29) is 23.8 Å². The molecule has 0 aromatic heterocycles. The maximum Gasteiger partial charge on any atom is 0.264 e. The minimum Gasteiger partial charge on any atom is -0.354 e. The number of rotatable bonds is 13. The molecule has 1 N–H and O–H groups in total.